The van der Waals surface area contributed by atoms with E-state index in [9.17, 15) is 4.79 Å². The van der Waals surface area contributed by atoms with Crippen LogP contribution in [0, 0.1) is 12.3 Å². The number of H-pyrrole nitrogens is 1. The maximum atomic E-state index is 12.3. The van der Waals surface area contributed by atoms with Crippen LogP contribution in [0.2, 0.25) is 0 Å². The van der Waals surface area contributed by atoms with Crippen molar-refractivity contribution in [3.8, 4) is 12.3 Å². The van der Waals surface area contributed by atoms with Crippen LogP contribution in [0.25, 0.3) is 11.0 Å². The Hall–Kier alpha value is -3.57. The maximum absolute atomic E-state index is 12.3. The van der Waals surface area contributed by atoms with E-state index in [1.807, 2.05) is 51.2 Å². The van der Waals surface area contributed by atoms with Crippen LogP contribution < -0.4 is 10.6 Å². The zero-order chi connectivity index (χ0) is 24.3. The number of terminal acetylenes is 1. The largest absolute Gasteiger partial charge is 0.444 e. The molecule has 1 saturated heterocycles. The van der Waals surface area contributed by atoms with E-state index >= 15 is 0 Å². The van der Waals surface area contributed by atoms with Crippen LogP contribution in [-0.4, -0.2) is 50.2 Å². The van der Waals surface area contributed by atoms with E-state index < -0.39 is 5.60 Å². The molecule has 8 heteroatoms. The first-order chi connectivity index (χ1) is 16.1. The lowest BCUT2D eigenvalue weighted by molar-refractivity contribution is 0.0402. The summed E-state index contributed by atoms with van der Waals surface area (Å²) in [6.45, 7) is 10.2. The molecule has 0 spiro atoms. The molecule has 0 atom stereocenters. The van der Waals surface area contributed by atoms with Crippen molar-refractivity contribution in [1.29, 1.82) is 0 Å². The van der Waals surface area contributed by atoms with Crippen LogP contribution in [0.3, 0.4) is 0 Å². The second-order valence-corrected chi connectivity index (χ2v) is 10.1. The van der Waals surface area contributed by atoms with Gasteiger partial charge in [0.1, 0.15) is 23.4 Å². The number of aromatic nitrogens is 3. The highest BCUT2D eigenvalue weighted by molar-refractivity contribution is 5.92. The summed E-state index contributed by atoms with van der Waals surface area (Å²) in [6, 6.07) is 7.70. The van der Waals surface area contributed by atoms with Crippen molar-refractivity contribution in [2.24, 2.45) is 0 Å². The molecule has 1 aliphatic rings. The molecule has 3 heterocycles. The molecule has 3 N–H and O–H groups in total. The molecule has 178 valence electrons. The number of nitrogens with one attached hydrogen (secondary N) is 3. The molecule has 1 aliphatic heterocycles. The van der Waals surface area contributed by atoms with E-state index in [1.54, 1.807) is 6.33 Å². The van der Waals surface area contributed by atoms with Gasteiger partial charge in [-0.25, -0.2) is 14.8 Å². The second kappa shape index (κ2) is 9.35. The van der Waals surface area contributed by atoms with Gasteiger partial charge in [0.2, 0.25) is 0 Å². The van der Waals surface area contributed by atoms with Gasteiger partial charge in [-0.1, -0.05) is 12.0 Å². The average Bonchev–Trinajstić information content (AvgIpc) is 3.18. The fourth-order valence-electron chi connectivity index (χ4n) is 4.19. The highest BCUT2D eigenvalue weighted by atomic mass is 16.6. The monoisotopic (exact) mass is 460 g/mol. The van der Waals surface area contributed by atoms with Gasteiger partial charge in [-0.15, -0.1) is 6.42 Å². The van der Waals surface area contributed by atoms with Crippen LogP contribution >= 0.6 is 0 Å². The highest BCUT2D eigenvalue weighted by Crippen LogP contribution is 2.29. The summed E-state index contributed by atoms with van der Waals surface area (Å²) in [5, 5.41) is 7.43. The van der Waals surface area contributed by atoms with Gasteiger partial charge in [-0.2, -0.15) is 0 Å². The smallest absolute Gasteiger partial charge is 0.408 e. The molecular weight excluding hydrogens is 428 g/mol. The Morgan fingerprint density at radius 3 is 2.76 bits per heavy atom. The lowest BCUT2D eigenvalue weighted by Gasteiger charge is -2.40. The first-order valence-electron chi connectivity index (χ1n) is 11.5. The molecule has 4 rings (SSSR count). The highest BCUT2D eigenvalue weighted by Gasteiger charge is 2.33. The zero-order valence-corrected chi connectivity index (χ0v) is 20.2. The van der Waals surface area contributed by atoms with Crippen molar-refractivity contribution < 1.29 is 9.53 Å². The quantitative estimate of drug-likeness (QED) is 0.483. The molecule has 2 aromatic heterocycles. The first-order valence-corrected chi connectivity index (χ1v) is 11.5. The molecule has 1 aromatic carbocycles. The summed E-state index contributed by atoms with van der Waals surface area (Å²) >= 11 is 0. The maximum Gasteiger partial charge on any atom is 0.408 e. The Bertz CT molecular complexity index is 1210. The van der Waals surface area contributed by atoms with Crippen molar-refractivity contribution in [2.45, 2.75) is 58.2 Å². The minimum atomic E-state index is -0.507. The summed E-state index contributed by atoms with van der Waals surface area (Å²) in [5.41, 5.74) is 2.80. The predicted octanol–water partition coefficient (Wildman–Crippen LogP) is 4.56. The Labute approximate surface area is 200 Å². The number of carbonyl (C=O) groups excluding carboxylic acids is 1. The van der Waals surface area contributed by atoms with E-state index in [4.69, 9.17) is 11.2 Å². The number of aromatic amines is 1. The molecule has 0 saturated carbocycles. The molecule has 1 fully saturated rings. The number of rotatable bonds is 5. The molecule has 8 nitrogen and oxygen atoms in total. The van der Waals surface area contributed by atoms with Crippen molar-refractivity contribution >= 4 is 28.6 Å². The van der Waals surface area contributed by atoms with Crippen LogP contribution in [0.15, 0.2) is 36.8 Å². The van der Waals surface area contributed by atoms with Gasteiger partial charge in [0.15, 0.2) is 0 Å². The third-order valence-electron chi connectivity index (χ3n) is 6.00. The van der Waals surface area contributed by atoms with Crippen molar-refractivity contribution in [1.82, 2.24) is 25.2 Å². The molecule has 3 aromatic rings. The number of benzene rings is 1. The van der Waals surface area contributed by atoms with Crippen LogP contribution in [-0.2, 0) is 11.3 Å². The molecule has 1 amide bonds. The van der Waals surface area contributed by atoms with E-state index in [-0.39, 0.29) is 11.6 Å². The molecule has 34 heavy (non-hydrogen) atoms. The van der Waals surface area contributed by atoms with Gasteiger partial charge in [-0.3, -0.25) is 4.90 Å². The van der Waals surface area contributed by atoms with Gasteiger partial charge in [0, 0.05) is 42.6 Å². The van der Waals surface area contributed by atoms with E-state index in [1.165, 1.54) is 0 Å². The van der Waals surface area contributed by atoms with Crippen LogP contribution in [0.5, 0.6) is 0 Å². The fraction of sp³-hybridized carbons (Fsp3) is 0.423. The Kier molecular flexibility index (Phi) is 6.49. The number of alkyl carbamates (subject to hydrolysis) is 1. The zero-order valence-electron chi connectivity index (χ0n) is 20.2. The SMILES string of the molecule is C#Cc1cccc(Nc2ncnc3[nH]cc(CN4CCC(C)(NC(=O)OC(C)(C)C)CC4)c23)c1. The number of nitrogens with zero attached hydrogens (tertiary/aromatic N) is 3. The summed E-state index contributed by atoms with van der Waals surface area (Å²) in [5.74, 6) is 3.40. The van der Waals surface area contributed by atoms with Gasteiger partial charge in [0.25, 0.3) is 0 Å². The summed E-state index contributed by atoms with van der Waals surface area (Å²) in [4.78, 5) is 26.8. The molecule has 0 radical (unpaired) electrons. The molecule has 0 aliphatic carbocycles. The number of piperidine rings is 1. The summed E-state index contributed by atoms with van der Waals surface area (Å²) in [6.07, 6.45) is 10.4. The number of ether oxygens (including phenoxy) is 1. The van der Waals surface area contributed by atoms with Crippen LogP contribution in [0.4, 0.5) is 16.3 Å². The minimum absolute atomic E-state index is 0.281. The minimum Gasteiger partial charge on any atom is -0.444 e. The first kappa shape index (κ1) is 23.6. The number of amides is 1. The number of hydrogen-bond acceptors (Lipinski definition) is 6. The Balaban J connectivity index is 1.44. The van der Waals surface area contributed by atoms with Gasteiger partial charge >= 0.3 is 6.09 Å². The lowest BCUT2D eigenvalue weighted by atomic mass is 9.89. The molecule has 0 unspecified atom stereocenters. The van der Waals surface area contributed by atoms with Gasteiger partial charge < -0.3 is 20.4 Å². The average molecular weight is 461 g/mol. The number of anilines is 2. The standard InChI is InChI=1S/C26H32N6O2/c1-6-18-8-7-9-20(14-18)30-23-21-19(15-27-22(21)28-17-29-23)16-32-12-10-26(5,11-13-32)31-24(33)34-25(2,3)4/h1,7-9,14-15,17H,10-13,16H2,2-5H3,(H,31,33)(H2,27,28,29,30). The lowest BCUT2D eigenvalue weighted by Crippen LogP contribution is -2.54. The topological polar surface area (TPSA) is 95.2 Å². The van der Waals surface area contributed by atoms with Crippen LogP contribution in [0.1, 0.15) is 51.7 Å². The third-order valence-corrected chi connectivity index (χ3v) is 6.00. The van der Waals surface area contributed by atoms with E-state index in [0.717, 1.165) is 66.1 Å². The van der Waals surface area contributed by atoms with E-state index in [2.05, 4.69) is 43.3 Å². The summed E-state index contributed by atoms with van der Waals surface area (Å²) < 4.78 is 5.44. The Morgan fingerprint density at radius 1 is 1.29 bits per heavy atom. The van der Waals surface area contributed by atoms with E-state index in [0.29, 0.717) is 0 Å². The fourth-order valence-corrected chi connectivity index (χ4v) is 4.19. The van der Waals surface area contributed by atoms with Crippen molar-refractivity contribution in [3.05, 3.63) is 47.9 Å². The predicted molar refractivity (Wildman–Crippen MR) is 134 cm³/mol. The summed E-state index contributed by atoms with van der Waals surface area (Å²) in [7, 11) is 0. The number of carbonyl (C=O) groups is 1. The number of likely N-dealkylation sites (tertiary alicyclic amines) is 1. The number of hydrogen-bond donors (Lipinski definition) is 3. The van der Waals surface area contributed by atoms with Crippen molar-refractivity contribution in [3.63, 3.8) is 0 Å². The van der Waals surface area contributed by atoms with Gasteiger partial charge in [-0.05, 0) is 64.3 Å². The molecule has 0 bridgehead atoms. The second-order valence-electron chi connectivity index (χ2n) is 10.1. The van der Waals surface area contributed by atoms with Gasteiger partial charge in [0.05, 0.1) is 5.39 Å². The third kappa shape index (κ3) is 5.67. The molecular formula is C26H32N6O2. The number of fused-ring (bicyclic) bond motifs is 1. The van der Waals surface area contributed by atoms with Crippen molar-refractivity contribution in [2.75, 3.05) is 18.4 Å². The Morgan fingerprint density at radius 2 is 2.06 bits per heavy atom. The normalized spacial score (nSPS) is 16.1.